The smallest absolute Gasteiger partial charge is 0.226 e. The molecular formula is C18H26N2O2. The zero-order chi connectivity index (χ0) is 15.5. The van der Waals surface area contributed by atoms with Gasteiger partial charge in [0.2, 0.25) is 5.91 Å². The third-order valence-electron chi connectivity index (χ3n) is 5.15. The number of likely N-dealkylation sites (N-methyl/N-ethyl adjacent to an activating group) is 1. The summed E-state index contributed by atoms with van der Waals surface area (Å²) in [4.78, 5) is 17.3. The summed E-state index contributed by atoms with van der Waals surface area (Å²) in [5, 5.41) is 10.3. The van der Waals surface area contributed by atoms with Crippen LogP contribution in [0.3, 0.4) is 0 Å². The lowest BCUT2D eigenvalue weighted by Gasteiger charge is -2.29. The largest absolute Gasteiger partial charge is 0.388 e. The van der Waals surface area contributed by atoms with Crippen LogP contribution in [0.25, 0.3) is 0 Å². The molecule has 1 N–H and O–H groups in total. The molecule has 3 unspecified atom stereocenters. The van der Waals surface area contributed by atoms with Gasteiger partial charge in [0.05, 0.1) is 12.5 Å². The molecular weight excluding hydrogens is 276 g/mol. The van der Waals surface area contributed by atoms with E-state index in [-0.39, 0.29) is 12.3 Å². The van der Waals surface area contributed by atoms with Crippen LogP contribution in [0.4, 0.5) is 0 Å². The Hall–Kier alpha value is -1.39. The van der Waals surface area contributed by atoms with Crippen molar-refractivity contribution < 1.29 is 9.90 Å². The van der Waals surface area contributed by atoms with E-state index >= 15 is 0 Å². The summed E-state index contributed by atoms with van der Waals surface area (Å²) in [5.41, 5.74) is 0.827. The number of likely N-dealkylation sites (tertiary alicyclic amines) is 1. The maximum atomic E-state index is 12.7. The minimum Gasteiger partial charge on any atom is -0.388 e. The fourth-order valence-electron chi connectivity index (χ4n) is 3.90. The first-order valence-corrected chi connectivity index (χ1v) is 8.45. The second-order valence-corrected chi connectivity index (χ2v) is 6.50. The van der Waals surface area contributed by atoms with E-state index in [2.05, 4.69) is 16.7 Å². The van der Waals surface area contributed by atoms with Crippen molar-refractivity contribution in [2.75, 3.05) is 19.6 Å². The molecule has 2 fully saturated rings. The Morgan fingerprint density at radius 2 is 1.95 bits per heavy atom. The summed E-state index contributed by atoms with van der Waals surface area (Å²) < 4.78 is 0. The first-order chi connectivity index (χ1) is 10.7. The Morgan fingerprint density at radius 3 is 2.68 bits per heavy atom. The van der Waals surface area contributed by atoms with Crippen LogP contribution in [0, 0.1) is 0 Å². The molecule has 2 aliphatic heterocycles. The number of hydrogen-bond donors (Lipinski definition) is 1. The number of aliphatic hydroxyl groups excluding tert-OH is 1. The molecule has 0 radical (unpaired) electrons. The van der Waals surface area contributed by atoms with Gasteiger partial charge in [0.15, 0.2) is 0 Å². The van der Waals surface area contributed by atoms with E-state index < -0.39 is 6.10 Å². The van der Waals surface area contributed by atoms with Crippen LogP contribution in [0.15, 0.2) is 30.3 Å². The average Bonchev–Trinajstić information content (AvgIpc) is 2.83. The molecule has 2 saturated heterocycles. The average molecular weight is 302 g/mol. The number of aliphatic hydroxyl groups is 1. The minimum atomic E-state index is -0.696. The zero-order valence-electron chi connectivity index (χ0n) is 13.3. The highest BCUT2D eigenvalue weighted by atomic mass is 16.3. The summed E-state index contributed by atoms with van der Waals surface area (Å²) in [7, 11) is 0. The third-order valence-corrected chi connectivity index (χ3v) is 5.15. The molecule has 22 heavy (non-hydrogen) atoms. The molecule has 3 rings (SSSR count). The van der Waals surface area contributed by atoms with Gasteiger partial charge in [-0.2, -0.15) is 0 Å². The van der Waals surface area contributed by atoms with Gasteiger partial charge in [-0.1, -0.05) is 37.3 Å². The van der Waals surface area contributed by atoms with Crippen molar-refractivity contribution in [3.8, 4) is 0 Å². The number of nitrogens with zero attached hydrogens (tertiary/aromatic N) is 2. The van der Waals surface area contributed by atoms with Gasteiger partial charge in [-0.05, 0) is 31.4 Å². The van der Waals surface area contributed by atoms with Crippen LogP contribution >= 0.6 is 0 Å². The van der Waals surface area contributed by atoms with E-state index in [1.54, 1.807) is 0 Å². The standard InChI is InChI=1S/C18H26N2O2/c1-2-19-11-10-15-8-9-16(13-19)20(15)18(22)12-17(21)14-6-4-3-5-7-14/h3-7,15-17,21H,2,8-13H2,1H3. The SMILES string of the molecule is CCN1CCC2CCC(C1)N2C(=O)CC(O)c1ccccc1. The van der Waals surface area contributed by atoms with E-state index in [9.17, 15) is 9.90 Å². The second-order valence-electron chi connectivity index (χ2n) is 6.50. The summed E-state index contributed by atoms with van der Waals surface area (Å²) in [5.74, 6) is 0.113. The lowest BCUT2D eigenvalue weighted by atomic mass is 10.1. The topological polar surface area (TPSA) is 43.8 Å². The fraction of sp³-hybridized carbons (Fsp3) is 0.611. The van der Waals surface area contributed by atoms with Crippen LogP contribution < -0.4 is 0 Å². The molecule has 2 aliphatic rings. The molecule has 4 heteroatoms. The first-order valence-electron chi connectivity index (χ1n) is 8.45. The predicted octanol–water partition coefficient (Wildman–Crippen LogP) is 2.20. The van der Waals surface area contributed by atoms with Crippen molar-refractivity contribution in [3.05, 3.63) is 35.9 Å². The Morgan fingerprint density at radius 1 is 1.23 bits per heavy atom. The molecule has 0 saturated carbocycles. The number of carbonyl (C=O) groups excluding carboxylic acids is 1. The Balaban J connectivity index is 1.67. The van der Waals surface area contributed by atoms with Gasteiger partial charge in [-0.25, -0.2) is 0 Å². The highest BCUT2D eigenvalue weighted by Gasteiger charge is 2.39. The molecule has 1 aromatic rings. The number of amides is 1. The lowest BCUT2D eigenvalue weighted by molar-refractivity contribution is -0.136. The van der Waals surface area contributed by atoms with Gasteiger partial charge in [0.25, 0.3) is 0 Å². The normalized spacial score (nSPS) is 26.7. The van der Waals surface area contributed by atoms with Crippen molar-refractivity contribution in [3.63, 3.8) is 0 Å². The molecule has 0 spiro atoms. The van der Waals surface area contributed by atoms with E-state index in [0.29, 0.717) is 12.1 Å². The molecule has 0 aromatic heterocycles. The molecule has 0 aliphatic carbocycles. The fourth-order valence-corrected chi connectivity index (χ4v) is 3.90. The van der Waals surface area contributed by atoms with E-state index in [0.717, 1.165) is 44.5 Å². The van der Waals surface area contributed by atoms with Gasteiger partial charge < -0.3 is 14.9 Å². The molecule has 1 amide bonds. The van der Waals surface area contributed by atoms with E-state index in [1.165, 1.54) is 0 Å². The van der Waals surface area contributed by atoms with Crippen molar-refractivity contribution in [1.82, 2.24) is 9.80 Å². The molecule has 2 bridgehead atoms. The Kier molecular flexibility index (Phi) is 4.79. The summed E-state index contributed by atoms with van der Waals surface area (Å²) in [6.45, 7) is 5.31. The van der Waals surface area contributed by atoms with Crippen LogP contribution in [-0.2, 0) is 4.79 Å². The molecule has 4 nitrogen and oxygen atoms in total. The number of benzene rings is 1. The van der Waals surface area contributed by atoms with E-state index in [1.807, 2.05) is 30.3 Å². The highest BCUT2D eigenvalue weighted by Crippen LogP contribution is 2.32. The second kappa shape index (κ2) is 6.80. The minimum absolute atomic E-state index is 0.113. The number of hydrogen-bond acceptors (Lipinski definition) is 3. The van der Waals surface area contributed by atoms with Gasteiger partial charge in [-0.15, -0.1) is 0 Å². The van der Waals surface area contributed by atoms with Crippen LogP contribution in [0.1, 0.15) is 44.3 Å². The van der Waals surface area contributed by atoms with Gasteiger partial charge in [0.1, 0.15) is 0 Å². The van der Waals surface area contributed by atoms with Crippen molar-refractivity contribution in [1.29, 1.82) is 0 Å². The van der Waals surface area contributed by atoms with Gasteiger partial charge >= 0.3 is 0 Å². The van der Waals surface area contributed by atoms with Gasteiger partial charge in [-0.3, -0.25) is 4.79 Å². The lowest BCUT2D eigenvalue weighted by Crippen LogP contribution is -2.43. The first kappa shape index (κ1) is 15.5. The number of carbonyl (C=O) groups is 1. The zero-order valence-corrected chi connectivity index (χ0v) is 13.3. The Bertz CT molecular complexity index is 505. The van der Waals surface area contributed by atoms with Gasteiger partial charge in [0, 0.05) is 25.2 Å². The number of fused-ring (bicyclic) bond motifs is 2. The van der Waals surface area contributed by atoms with Crippen LogP contribution in [0.5, 0.6) is 0 Å². The molecule has 1 aromatic carbocycles. The van der Waals surface area contributed by atoms with Crippen LogP contribution in [0.2, 0.25) is 0 Å². The summed E-state index contributed by atoms with van der Waals surface area (Å²) >= 11 is 0. The summed E-state index contributed by atoms with van der Waals surface area (Å²) in [6, 6.07) is 10.2. The van der Waals surface area contributed by atoms with E-state index in [4.69, 9.17) is 0 Å². The molecule has 120 valence electrons. The maximum Gasteiger partial charge on any atom is 0.226 e. The van der Waals surface area contributed by atoms with Crippen molar-refractivity contribution in [2.45, 2.75) is 50.8 Å². The quantitative estimate of drug-likeness (QED) is 0.927. The van der Waals surface area contributed by atoms with Crippen molar-refractivity contribution >= 4 is 5.91 Å². The maximum absolute atomic E-state index is 12.7. The highest BCUT2D eigenvalue weighted by molar-refractivity contribution is 5.78. The third kappa shape index (κ3) is 3.18. The van der Waals surface area contributed by atoms with Crippen molar-refractivity contribution in [2.24, 2.45) is 0 Å². The Labute approximate surface area is 132 Å². The molecule has 2 heterocycles. The monoisotopic (exact) mass is 302 g/mol. The predicted molar refractivity (Wildman–Crippen MR) is 86.4 cm³/mol. The summed E-state index contributed by atoms with van der Waals surface area (Å²) in [6.07, 6.45) is 2.79. The van der Waals surface area contributed by atoms with Crippen LogP contribution in [-0.4, -0.2) is 52.5 Å². The molecule has 3 atom stereocenters. The number of rotatable bonds is 4.